The molecule has 178 valence electrons. The van der Waals surface area contributed by atoms with E-state index in [-0.39, 0.29) is 5.92 Å². The summed E-state index contributed by atoms with van der Waals surface area (Å²) in [6.07, 6.45) is -0.635. The maximum atomic E-state index is 12.3. The second kappa shape index (κ2) is 13.5. The monoisotopic (exact) mass is 447 g/mol. The van der Waals surface area contributed by atoms with E-state index in [2.05, 4.69) is 16.0 Å². The molecule has 0 aliphatic heterocycles. The molecule has 9 N–H and O–H groups in total. The highest BCUT2D eigenvalue weighted by atomic mass is 16.4. The van der Waals surface area contributed by atoms with E-state index in [0.717, 1.165) is 0 Å². The first-order chi connectivity index (χ1) is 14.3. The molecular weight excluding hydrogens is 414 g/mol. The van der Waals surface area contributed by atoms with E-state index in [1.54, 1.807) is 6.92 Å². The van der Waals surface area contributed by atoms with Gasteiger partial charge >= 0.3 is 5.97 Å². The third kappa shape index (κ3) is 9.72. The number of carbonyl (C=O) groups excluding carboxylic acids is 4. The Hall–Kier alpha value is -2.77. The second-order valence-corrected chi connectivity index (χ2v) is 7.23. The highest BCUT2D eigenvalue weighted by Crippen LogP contribution is 2.06. The zero-order valence-electron chi connectivity index (χ0n) is 18.0. The van der Waals surface area contributed by atoms with E-state index in [4.69, 9.17) is 15.9 Å². The molecule has 0 spiro atoms. The fourth-order valence-electron chi connectivity index (χ4n) is 2.28. The summed E-state index contributed by atoms with van der Waals surface area (Å²) in [5.41, 5.74) is 5.81. The summed E-state index contributed by atoms with van der Waals surface area (Å²) < 4.78 is 0. The molecule has 0 radical (unpaired) electrons. The minimum Gasteiger partial charge on any atom is -0.480 e. The average molecular weight is 447 g/mol. The number of carboxylic acids is 1. The minimum atomic E-state index is -1.52. The van der Waals surface area contributed by atoms with Gasteiger partial charge in [0, 0.05) is 0 Å². The van der Waals surface area contributed by atoms with Gasteiger partial charge in [-0.25, -0.2) is 4.79 Å². The van der Waals surface area contributed by atoms with E-state index in [0.29, 0.717) is 6.42 Å². The highest BCUT2D eigenvalue weighted by molar-refractivity contribution is 5.94. The molecule has 0 bridgehead atoms. The van der Waals surface area contributed by atoms with Crippen molar-refractivity contribution in [3.8, 4) is 0 Å². The Morgan fingerprint density at radius 1 is 0.935 bits per heavy atom. The molecule has 0 rings (SSSR count). The van der Waals surface area contributed by atoms with Gasteiger partial charge in [-0.2, -0.15) is 0 Å². The number of hydrogen-bond acceptors (Lipinski definition) is 8. The summed E-state index contributed by atoms with van der Waals surface area (Å²) >= 11 is 0. The largest absolute Gasteiger partial charge is 0.480 e. The summed E-state index contributed by atoms with van der Waals surface area (Å²) in [4.78, 5) is 59.1. The van der Waals surface area contributed by atoms with Crippen LogP contribution in [0.15, 0.2) is 0 Å². The van der Waals surface area contributed by atoms with Crippen molar-refractivity contribution in [2.75, 3.05) is 13.2 Å². The molecule has 2 unspecified atom stereocenters. The van der Waals surface area contributed by atoms with Crippen LogP contribution in [0, 0.1) is 5.92 Å². The number of carbonyl (C=O) groups is 5. The molecule has 0 aromatic heterocycles. The summed E-state index contributed by atoms with van der Waals surface area (Å²) in [6.45, 7) is 4.78. The number of nitrogens with two attached hydrogens (primary N) is 1. The van der Waals surface area contributed by atoms with Crippen LogP contribution >= 0.6 is 0 Å². The van der Waals surface area contributed by atoms with Crippen LogP contribution in [0.1, 0.15) is 34.1 Å². The lowest BCUT2D eigenvalue weighted by Crippen LogP contribution is -2.58. The van der Waals surface area contributed by atoms with Crippen LogP contribution < -0.4 is 27.0 Å². The van der Waals surface area contributed by atoms with Gasteiger partial charge in [-0.05, 0) is 19.8 Å². The van der Waals surface area contributed by atoms with Gasteiger partial charge in [-0.1, -0.05) is 20.3 Å². The molecule has 0 aromatic carbocycles. The van der Waals surface area contributed by atoms with Crippen LogP contribution in [0.5, 0.6) is 0 Å². The number of aliphatic hydroxyl groups excluding tert-OH is 2. The van der Waals surface area contributed by atoms with E-state index in [1.807, 2.05) is 12.2 Å². The molecule has 13 heteroatoms. The molecule has 31 heavy (non-hydrogen) atoms. The Bertz CT molecular complexity index is 657. The van der Waals surface area contributed by atoms with Crippen LogP contribution in [0.2, 0.25) is 0 Å². The van der Waals surface area contributed by atoms with Gasteiger partial charge in [0.05, 0.1) is 25.3 Å². The molecule has 0 saturated carbocycles. The standard InChI is InChI=1S/C18H33N5O8/c1-5-8(2)13(19)16(28)23-14(10(4)25)17(29)20-6-12(26)21-9(3)15(27)22-11(7-24)18(30)31/h8-11,13-14,24-25H,5-7,19H2,1-4H3,(H,20,29)(H,21,26)(H,22,27)(H,23,28)(H,30,31)/t8?,9-,10-,11-,13?,14-/m0/s1. The Kier molecular flexibility index (Phi) is 12.3. The quantitative estimate of drug-likeness (QED) is 0.140. The Labute approximate surface area is 180 Å². The number of aliphatic hydroxyl groups is 2. The lowest BCUT2D eigenvalue weighted by molar-refractivity contribution is -0.143. The van der Waals surface area contributed by atoms with Crippen LogP contribution in [0.4, 0.5) is 0 Å². The SMILES string of the molecule is CCC(C)C(N)C(=O)N[C@H](C(=O)NCC(=O)N[C@@H](C)C(=O)N[C@@H](CO)C(=O)O)[C@H](C)O. The predicted octanol–water partition coefficient (Wildman–Crippen LogP) is -3.59. The van der Waals surface area contributed by atoms with Crippen LogP contribution in [-0.2, 0) is 24.0 Å². The fraction of sp³-hybridized carbons (Fsp3) is 0.722. The molecule has 0 aliphatic carbocycles. The Morgan fingerprint density at radius 3 is 1.97 bits per heavy atom. The molecule has 0 heterocycles. The van der Waals surface area contributed by atoms with E-state index in [1.165, 1.54) is 13.8 Å². The van der Waals surface area contributed by atoms with Crippen molar-refractivity contribution in [3.63, 3.8) is 0 Å². The molecule has 0 fully saturated rings. The van der Waals surface area contributed by atoms with Crippen molar-refractivity contribution in [1.82, 2.24) is 21.3 Å². The molecular formula is C18H33N5O8. The van der Waals surface area contributed by atoms with Crippen molar-refractivity contribution in [2.24, 2.45) is 11.7 Å². The number of nitrogens with one attached hydrogen (secondary N) is 4. The summed E-state index contributed by atoms with van der Waals surface area (Å²) in [5, 5.41) is 36.4. The van der Waals surface area contributed by atoms with Gasteiger partial charge in [0.1, 0.15) is 18.1 Å². The molecule has 0 aromatic rings. The maximum Gasteiger partial charge on any atom is 0.328 e. The van der Waals surface area contributed by atoms with Gasteiger partial charge in [0.15, 0.2) is 0 Å². The zero-order valence-corrected chi connectivity index (χ0v) is 18.0. The second-order valence-electron chi connectivity index (χ2n) is 7.23. The van der Waals surface area contributed by atoms with E-state index in [9.17, 15) is 29.1 Å². The van der Waals surface area contributed by atoms with E-state index >= 15 is 0 Å². The predicted molar refractivity (Wildman–Crippen MR) is 108 cm³/mol. The number of aliphatic carboxylic acids is 1. The summed E-state index contributed by atoms with van der Waals surface area (Å²) in [6, 6.07) is -4.91. The zero-order chi connectivity index (χ0) is 24.3. The molecule has 13 nitrogen and oxygen atoms in total. The third-order valence-electron chi connectivity index (χ3n) is 4.61. The molecule has 0 aliphatic rings. The topological polar surface area (TPSA) is 220 Å². The van der Waals surface area contributed by atoms with Gasteiger partial charge in [-0.3, -0.25) is 19.2 Å². The van der Waals surface area contributed by atoms with Crippen LogP contribution in [-0.4, -0.2) is 88.3 Å². The smallest absolute Gasteiger partial charge is 0.328 e. The fourth-order valence-corrected chi connectivity index (χ4v) is 2.28. The number of rotatable bonds is 13. The van der Waals surface area contributed by atoms with Gasteiger partial charge in [0.2, 0.25) is 23.6 Å². The van der Waals surface area contributed by atoms with Crippen LogP contribution in [0.3, 0.4) is 0 Å². The van der Waals surface area contributed by atoms with Gasteiger partial charge in [-0.15, -0.1) is 0 Å². The number of hydrogen-bond donors (Lipinski definition) is 8. The number of carboxylic acid groups (broad SMARTS) is 1. The van der Waals surface area contributed by atoms with Crippen molar-refractivity contribution in [1.29, 1.82) is 0 Å². The minimum absolute atomic E-state index is 0.150. The van der Waals surface area contributed by atoms with Crippen LogP contribution in [0.25, 0.3) is 0 Å². The third-order valence-corrected chi connectivity index (χ3v) is 4.61. The maximum absolute atomic E-state index is 12.3. The Balaban J connectivity index is 4.75. The normalized spacial score (nSPS) is 16.6. The van der Waals surface area contributed by atoms with E-state index < -0.39 is 73.0 Å². The Morgan fingerprint density at radius 2 is 1.52 bits per heavy atom. The number of amides is 4. The molecule has 0 saturated heterocycles. The van der Waals surface area contributed by atoms with Crippen molar-refractivity contribution in [2.45, 2.75) is 64.4 Å². The summed E-state index contributed by atoms with van der Waals surface area (Å²) in [7, 11) is 0. The lowest BCUT2D eigenvalue weighted by atomic mass is 9.99. The lowest BCUT2D eigenvalue weighted by Gasteiger charge is -2.24. The first-order valence-corrected chi connectivity index (χ1v) is 9.80. The highest BCUT2D eigenvalue weighted by Gasteiger charge is 2.29. The average Bonchev–Trinajstić information content (AvgIpc) is 2.71. The molecule has 6 atom stereocenters. The van der Waals surface area contributed by atoms with Crippen molar-refractivity contribution < 1.29 is 39.3 Å². The van der Waals surface area contributed by atoms with Crippen molar-refractivity contribution in [3.05, 3.63) is 0 Å². The first-order valence-electron chi connectivity index (χ1n) is 9.80. The molecule has 4 amide bonds. The summed E-state index contributed by atoms with van der Waals surface area (Å²) in [5.74, 6) is -4.68. The van der Waals surface area contributed by atoms with Gasteiger partial charge < -0.3 is 42.3 Å². The first kappa shape index (κ1) is 28.2. The van der Waals surface area contributed by atoms with Gasteiger partial charge in [0.25, 0.3) is 0 Å². The van der Waals surface area contributed by atoms with Crippen molar-refractivity contribution >= 4 is 29.6 Å².